The van der Waals surface area contributed by atoms with Gasteiger partial charge in [-0.05, 0) is 71.3 Å². The number of phenolic OH excluding ortho intramolecular Hbond substituents is 1. The first kappa shape index (κ1) is 26.8. The molecule has 3 aromatic carbocycles. The Labute approximate surface area is 232 Å². The molecule has 9 nitrogen and oxygen atoms in total. The summed E-state index contributed by atoms with van der Waals surface area (Å²) in [5.74, 6) is -0.146. The van der Waals surface area contributed by atoms with Crippen LogP contribution in [0.2, 0.25) is 0 Å². The van der Waals surface area contributed by atoms with Gasteiger partial charge in [0.2, 0.25) is 5.91 Å². The molecule has 0 saturated carbocycles. The lowest BCUT2D eigenvalue weighted by Crippen LogP contribution is -2.36. The molecule has 4 bridgehead atoms. The predicted molar refractivity (Wildman–Crippen MR) is 157 cm³/mol. The molecule has 0 aliphatic carbocycles. The Kier molecular flexibility index (Phi) is 7.21. The van der Waals surface area contributed by atoms with Crippen molar-refractivity contribution in [3.63, 3.8) is 0 Å². The molecule has 206 valence electrons. The zero-order chi connectivity index (χ0) is 28.6. The van der Waals surface area contributed by atoms with Gasteiger partial charge in [-0.15, -0.1) is 0 Å². The average Bonchev–Trinajstić information content (AvgIpc) is 2.92. The largest absolute Gasteiger partial charge is 0.508 e. The lowest BCUT2D eigenvalue weighted by atomic mass is 9.92. The highest BCUT2D eigenvalue weighted by atomic mass is 16.3. The number of phenols is 1. The van der Waals surface area contributed by atoms with Crippen LogP contribution < -0.4 is 16.2 Å². The number of aromatic amines is 1. The van der Waals surface area contributed by atoms with Gasteiger partial charge in [0, 0.05) is 55.7 Å². The Morgan fingerprint density at radius 1 is 0.950 bits per heavy atom. The second kappa shape index (κ2) is 10.8. The summed E-state index contributed by atoms with van der Waals surface area (Å²) in [6.45, 7) is 4.68. The van der Waals surface area contributed by atoms with Crippen LogP contribution in [0.4, 0.5) is 16.2 Å². The van der Waals surface area contributed by atoms with Gasteiger partial charge < -0.3 is 30.5 Å². The van der Waals surface area contributed by atoms with E-state index in [0.717, 1.165) is 22.1 Å². The van der Waals surface area contributed by atoms with Crippen LogP contribution in [-0.2, 0) is 11.3 Å². The maximum absolute atomic E-state index is 14.0. The molecule has 0 saturated heterocycles. The summed E-state index contributed by atoms with van der Waals surface area (Å²) in [6, 6.07) is 17.0. The molecule has 40 heavy (non-hydrogen) atoms. The number of nitrogens with zero attached hydrogens (tertiary/aromatic N) is 2. The number of urea groups is 1. The molecule has 2 aliphatic heterocycles. The zero-order valence-electron chi connectivity index (χ0n) is 23.0. The third-order valence-electron chi connectivity index (χ3n) is 7.50. The quantitative estimate of drug-likeness (QED) is 0.269. The summed E-state index contributed by atoms with van der Waals surface area (Å²) < 4.78 is 0. The number of hydrogen-bond acceptors (Lipinski definition) is 5. The van der Waals surface area contributed by atoms with Gasteiger partial charge in [-0.1, -0.05) is 31.2 Å². The highest BCUT2D eigenvalue weighted by Gasteiger charge is 2.27. The molecule has 3 amide bonds. The van der Waals surface area contributed by atoms with Crippen molar-refractivity contribution in [2.45, 2.75) is 32.4 Å². The number of rotatable bonds is 2. The molecular formula is C31H33N5O4. The van der Waals surface area contributed by atoms with Crippen LogP contribution in [0, 0.1) is 6.92 Å². The summed E-state index contributed by atoms with van der Waals surface area (Å²) in [7, 11) is 3.42. The van der Waals surface area contributed by atoms with Crippen LogP contribution in [-0.4, -0.2) is 52.5 Å². The number of likely N-dealkylation sites (N-methyl/N-ethyl adjacent to an activating group) is 2. The number of benzene rings is 3. The Bertz CT molecular complexity index is 1660. The molecule has 0 radical (unpaired) electrons. The highest BCUT2D eigenvalue weighted by molar-refractivity contribution is 5.90. The summed E-state index contributed by atoms with van der Waals surface area (Å²) in [4.78, 5) is 45.2. The maximum atomic E-state index is 14.0. The molecule has 9 heteroatoms. The molecule has 4 N–H and O–H groups in total. The van der Waals surface area contributed by atoms with Crippen LogP contribution in [0.15, 0.2) is 71.7 Å². The second-order valence-electron chi connectivity index (χ2n) is 10.6. The van der Waals surface area contributed by atoms with E-state index in [2.05, 4.69) is 22.5 Å². The van der Waals surface area contributed by atoms with Crippen molar-refractivity contribution in [1.82, 2.24) is 14.8 Å². The van der Waals surface area contributed by atoms with Gasteiger partial charge in [0.1, 0.15) is 11.8 Å². The molecule has 6 rings (SSSR count). The number of aromatic hydroxyl groups is 1. The number of hydrogen-bond donors (Lipinski definition) is 4. The molecule has 2 atom stereocenters. The van der Waals surface area contributed by atoms with Crippen LogP contribution in [0.1, 0.15) is 41.1 Å². The normalized spacial score (nSPS) is 18.2. The number of pyridine rings is 1. The molecule has 0 spiro atoms. The predicted octanol–water partition coefficient (Wildman–Crippen LogP) is 4.93. The molecule has 4 aromatic rings. The number of carbonyl (C=O) groups is 2. The first-order chi connectivity index (χ1) is 19.1. The first-order valence-electron chi connectivity index (χ1n) is 13.2. The summed E-state index contributed by atoms with van der Waals surface area (Å²) in [5, 5.41) is 18.1. The van der Waals surface area contributed by atoms with Crippen LogP contribution in [0.3, 0.4) is 0 Å². The van der Waals surface area contributed by atoms with Crippen molar-refractivity contribution in [2.75, 3.05) is 31.3 Å². The second-order valence-corrected chi connectivity index (χ2v) is 10.6. The highest BCUT2D eigenvalue weighted by Crippen LogP contribution is 2.30. The minimum atomic E-state index is -0.756. The van der Waals surface area contributed by atoms with Crippen molar-refractivity contribution in [1.29, 1.82) is 0 Å². The minimum Gasteiger partial charge on any atom is -0.508 e. The molecular weight excluding hydrogens is 506 g/mol. The standard InChI is InChI=1S/C31H33N5O4/c1-18-13-21-6-9-25(18)19(2)16-36(4)31(40)34-23-8-10-27(37)22(14-23)17-35(3)30(39)28(21)33-24-7-5-20-11-12-32-29(38)26(20)15-24/h5-15,19,28,33,37H,16-17H2,1-4H3,(H,32,38)(H,34,40)/t19-,28?/m0/s1. The Morgan fingerprint density at radius 3 is 2.52 bits per heavy atom. The van der Waals surface area contributed by atoms with E-state index in [-0.39, 0.29) is 35.7 Å². The number of carbonyl (C=O) groups excluding carboxylic acids is 2. The molecule has 3 heterocycles. The Balaban J connectivity index is 1.59. The fourth-order valence-electron chi connectivity index (χ4n) is 5.31. The zero-order valence-corrected chi connectivity index (χ0v) is 23.0. The number of aromatic nitrogens is 1. The van der Waals surface area contributed by atoms with Crippen molar-refractivity contribution in [3.05, 3.63) is 99.5 Å². The lowest BCUT2D eigenvalue weighted by molar-refractivity contribution is -0.131. The molecule has 1 aromatic heterocycles. The number of aryl methyl sites for hydroxylation is 1. The summed E-state index contributed by atoms with van der Waals surface area (Å²) >= 11 is 0. The SMILES string of the molecule is Cc1cc2ccc1[C@@H](C)CN(C)C(=O)Nc1ccc(O)c(c1)CN(C)C(=O)C2Nc1ccc2cc[nH]c(=O)c2c1. The van der Waals surface area contributed by atoms with E-state index in [1.807, 2.05) is 43.3 Å². The number of anilines is 2. The number of nitrogens with one attached hydrogen (secondary N) is 3. The van der Waals surface area contributed by atoms with Gasteiger partial charge in [-0.2, -0.15) is 0 Å². The number of H-pyrrole nitrogens is 1. The first-order valence-corrected chi connectivity index (χ1v) is 13.2. The van der Waals surface area contributed by atoms with Gasteiger partial charge in [-0.25, -0.2) is 4.79 Å². The fourth-order valence-corrected chi connectivity index (χ4v) is 5.31. The van der Waals surface area contributed by atoms with E-state index in [1.165, 1.54) is 11.0 Å². The Morgan fingerprint density at radius 2 is 1.75 bits per heavy atom. The van der Waals surface area contributed by atoms with E-state index >= 15 is 0 Å². The third kappa shape index (κ3) is 5.36. The topological polar surface area (TPSA) is 118 Å². The summed E-state index contributed by atoms with van der Waals surface area (Å²) in [5.41, 5.74) is 4.31. The smallest absolute Gasteiger partial charge is 0.321 e. The van der Waals surface area contributed by atoms with Gasteiger partial charge in [0.25, 0.3) is 5.56 Å². The number of amides is 3. The van der Waals surface area contributed by atoms with E-state index in [4.69, 9.17) is 0 Å². The minimum absolute atomic E-state index is 0.0270. The summed E-state index contributed by atoms with van der Waals surface area (Å²) in [6.07, 6.45) is 1.61. The van der Waals surface area contributed by atoms with E-state index in [1.54, 1.807) is 43.4 Å². The molecule has 1 unspecified atom stereocenters. The Hall–Kier alpha value is -4.79. The van der Waals surface area contributed by atoms with Gasteiger partial charge in [0.05, 0.1) is 0 Å². The van der Waals surface area contributed by atoms with Crippen molar-refractivity contribution in [3.8, 4) is 5.75 Å². The monoisotopic (exact) mass is 539 g/mol. The maximum Gasteiger partial charge on any atom is 0.321 e. The third-order valence-corrected chi connectivity index (χ3v) is 7.50. The van der Waals surface area contributed by atoms with E-state index < -0.39 is 6.04 Å². The lowest BCUT2D eigenvalue weighted by Gasteiger charge is -2.28. The number of fused-ring (bicyclic) bond motifs is 10. The van der Waals surface area contributed by atoms with Crippen LogP contribution in [0.25, 0.3) is 10.8 Å². The van der Waals surface area contributed by atoms with E-state index in [0.29, 0.717) is 28.9 Å². The molecule has 0 fully saturated rings. The van der Waals surface area contributed by atoms with Crippen LogP contribution in [0.5, 0.6) is 5.75 Å². The fraction of sp³-hybridized carbons (Fsp3) is 0.258. The average molecular weight is 540 g/mol. The van der Waals surface area contributed by atoms with Crippen molar-refractivity contribution in [2.24, 2.45) is 0 Å². The van der Waals surface area contributed by atoms with Gasteiger partial charge in [0.15, 0.2) is 0 Å². The van der Waals surface area contributed by atoms with Crippen molar-refractivity contribution >= 4 is 34.1 Å². The molecule has 2 aliphatic rings. The van der Waals surface area contributed by atoms with Crippen LogP contribution >= 0.6 is 0 Å². The van der Waals surface area contributed by atoms with E-state index in [9.17, 15) is 19.5 Å². The van der Waals surface area contributed by atoms with Gasteiger partial charge in [-0.3, -0.25) is 9.59 Å². The van der Waals surface area contributed by atoms with Gasteiger partial charge >= 0.3 is 6.03 Å². The van der Waals surface area contributed by atoms with Crippen molar-refractivity contribution < 1.29 is 14.7 Å².